The van der Waals surface area contributed by atoms with Crippen LogP contribution in [0.4, 0.5) is 10.1 Å². The quantitative estimate of drug-likeness (QED) is 0.610. The van der Waals surface area contributed by atoms with Crippen LogP contribution in [0.25, 0.3) is 6.08 Å². The lowest BCUT2D eigenvalue weighted by Gasteiger charge is -2.45. The fraction of sp³-hybridized carbons (Fsp3) is 0.407. The molecular formula is C27H30FN3O2S. The number of benzene rings is 2. The van der Waals surface area contributed by atoms with Crippen LogP contribution in [-0.2, 0) is 9.59 Å². The van der Waals surface area contributed by atoms with Crippen molar-refractivity contribution in [2.24, 2.45) is 0 Å². The fourth-order valence-corrected chi connectivity index (χ4v) is 6.65. The molecule has 34 heavy (non-hydrogen) atoms. The molecule has 2 heterocycles. The molecule has 3 aliphatic rings. The van der Waals surface area contributed by atoms with Gasteiger partial charge < -0.3 is 14.7 Å². The molecule has 5 nitrogen and oxygen atoms in total. The molecule has 0 spiro atoms. The van der Waals surface area contributed by atoms with E-state index in [2.05, 4.69) is 4.90 Å². The fourth-order valence-electron chi connectivity index (χ4n) is 5.17. The van der Waals surface area contributed by atoms with Gasteiger partial charge in [-0.15, -0.1) is 11.8 Å². The van der Waals surface area contributed by atoms with Crippen LogP contribution in [0, 0.1) is 5.82 Å². The number of hydrogen-bond acceptors (Lipinski definition) is 4. The summed E-state index contributed by atoms with van der Waals surface area (Å²) in [6.45, 7) is 2.75. The maximum atomic E-state index is 13.5. The summed E-state index contributed by atoms with van der Waals surface area (Å²) in [5.41, 5.74) is 1.98. The largest absolute Gasteiger partial charge is 0.368 e. The average Bonchev–Trinajstić information content (AvgIpc) is 2.87. The van der Waals surface area contributed by atoms with E-state index in [0.717, 1.165) is 35.4 Å². The maximum absolute atomic E-state index is 13.5. The van der Waals surface area contributed by atoms with E-state index in [9.17, 15) is 14.0 Å². The van der Waals surface area contributed by atoms with Crippen molar-refractivity contribution >= 4 is 35.3 Å². The number of piperazine rings is 1. The van der Waals surface area contributed by atoms with E-state index in [-0.39, 0.29) is 30.2 Å². The summed E-state index contributed by atoms with van der Waals surface area (Å²) in [6.07, 6.45) is 6.29. The van der Waals surface area contributed by atoms with Crippen LogP contribution in [0.2, 0.25) is 0 Å². The van der Waals surface area contributed by atoms with Crippen LogP contribution < -0.4 is 4.90 Å². The van der Waals surface area contributed by atoms with E-state index in [1.807, 2.05) is 46.2 Å². The third-order valence-corrected chi connectivity index (χ3v) is 8.44. The first kappa shape index (κ1) is 23.0. The van der Waals surface area contributed by atoms with Crippen LogP contribution in [-0.4, -0.2) is 65.6 Å². The minimum atomic E-state index is -0.247. The van der Waals surface area contributed by atoms with Gasteiger partial charge in [-0.3, -0.25) is 9.59 Å². The van der Waals surface area contributed by atoms with Crippen LogP contribution in [0.5, 0.6) is 0 Å². The van der Waals surface area contributed by atoms with E-state index in [1.54, 1.807) is 23.9 Å². The van der Waals surface area contributed by atoms with Gasteiger partial charge in [-0.1, -0.05) is 43.2 Å². The molecule has 7 heteroatoms. The molecule has 3 fully saturated rings. The van der Waals surface area contributed by atoms with Crippen molar-refractivity contribution in [2.75, 3.05) is 37.6 Å². The summed E-state index contributed by atoms with van der Waals surface area (Å²) in [5, 5.41) is 0.351. The SMILES string of the molecule is O=C(CN1C(=O)/C(=C/c2ccccc2)SC2CCCCC21)N1CCN(c2ccc(F)cc2)CC1. The second kappa shape index (κ2) is 10.2. The van der Waals surface area contributed by atoms with Gasteiger partial charge in [0, 0.05) is 43.2 Å². The molecule has 0 radical (unpaired) electrons. The smallest absolute Gasteiger partial charge is 0.261 e. The van der Waals surface area contributed by atoms with Crippen molar-refractivity contribution in [3.8, 4) is 0 Å². The molecule has 2 aliphatic heterocycles. The number of halogens is 1. The van der Waals surface area contributed by atoms with Crippen molar-refractivity contribution in [1.29, 1.82) is 0 Å². The van der Waals surface area contributed by atoms with Crippen LogP contribution in [0.3, 0.4) is 0 Å². The Bertz CT molecular complexity index is 1050. The molecule has 2 saturated heterocycles. The first-order valence-corrected chi connectivity index (χ1v) is 13.0. The first-order valence-electron chi connectivity index (χ1n) is 12.1. The maximum Gasteiger partial charge on any atom is 0.261 e. The predicted octanol–water partition coefficient (Wildman–Crippen LogP) is 4.40. The highest BCUT2D eigenvalue weighted by Crippen LogP contribution is 2.42. The second-order valence-electron chi connectivity index (χ2n) is 9.20. The Hall–Kier alpha value is -2.80. The van der Waals surface area contributed by atoms with E-state index < -0.39 is 0 Å². The minimum Gasteiger partial charge on any atom is -0.368 e. The lowest BCUT2D eigenvalue weighted by atomic mass is 9.93. The molecule has 5 rings (SSSR count). The number of fused-ring (bicyclic) bond motifs is 1. The zero-order valence-corrected chi connectivity index (χ0v) is 20.1. The zero-order valence-electron chi connectivity index (χ0n) is 19.2. The molecule has 0 N–H and O–H groups in total. The summed E-state index contributed by atoms with van der Waals surface area (Å²) in [6, 6.07) is 16.5. The molecule has 2 amide bonds. The van der Waals surface area contributed by atoms with Crippen molar-refractivity contribution in [2.45, 2.75) is 37.0 Å². The molecule has 2 aromatic rings. The van der Waals surface area contributed by atoms with Crippen molar-refractivity contribution in [3.63, 3.8) is 0 Å². The van der Waals surface area contributed by atoms with Gasteiger partial charge in [0.2, 0.25) is 5.91 Å². The van der Waals surface area contributed by atoms with Gasteiger partial charge >= 0.3 is 0 Å². The van der Waals surface area contributed by atoms with Crippen molar-refractivity contribution in [3.05, 3.63) is 70.9 Å². The summed E-state index contributed by atoms with van der Waals surface area (Å²) in [5.74, 6) is -0.249. The number of carbonyl (C=O) groups excluding carboxylic acids is 2. The average molecular weight is 480 g/mol. The van der Waals surface area contributed by atoms with E-state index in [0.29, 0.717) is 31.4 Å². The third-order valence-electron chi connectivity index (χ3n) is 7.05. The summed E-state index contributed by atoms with van der Waals surface area (Å²) < 4.78 is 13.2. The predicted molar refractivity (Wildman–Crippen MR) is 135 cm³/mol. The highest BCUT2D eigenvalue weighted by Gasteiger charge is 2.41. The van der Waals surface area contributed by atoms with Crippen LogP contribution >= 0.6 is 11.8 Å². The van der Waals surface area contributed by atoms with Gasteiger partial charge in [0.1, 0.15) is 12.4 Å². The van der Waals surface area contributed by atoms with Gasteiger partial charge in [-0.25, -0.2) is 4.39 Å². The number of anilines is 1. The topological polar surface area (TPSA) is 43.9 Å². The number of nitrogens with zero attached hydrogens (tertiary/aromatic N) is 3. The minimum absolute atomic E-state index is 0.0161. The Balaban J connectivity index is 1.27. The number of thioether (sulfide) groups is 1. The normalized spacial score (nSPS) is 24.3. The second-order valence-corrected chi connectivity index (χ2v) is 10.5. The highest BCUT2D eigenvalue weighted by atomic mass is 32.2. The van der Waals surface area contributed by atoms with E-state index in [1.165, 1.54) is 18.6 Å². The lowest BCUT2D eigenvalue weighted by Crippen LogP contribution is -2.57. The third kappa shape index (κ3) is 4.99. The highest BCUT2D eigenvalue weighted by molar-refractivity contribution is 8.04. The Morgan fingerprint density at radius 3 is 2.41 bits per heavy atom. The Labute approximate surface area is 204 Å². The van der Waals surface area contributed by atoms with Crippen molar-refractivity contribution < 1.29 is 14.0 Å². The van der Waals surface area contributed by atoms with E-state index >= 15 is 0 Å². The lowest BCUT2D eigenvalue weighted by molar-refractivity contribution is -0.140. The molecule has 178 valence electrons. The number of amides is 2. The molecule has 1 saturated carbocycles. The molecule has 2 unspecified atom stereocenters. The van der Waals surface area contributed by atoms with Gasteiger partial charge in [0.05, 0.1) is 4.91 Å². The molecule has 2 aromatic carbocycles. The van der Waals surface area contributed by atoms with Crippen LogP contribution in [0.15, 0.2) is 59.5 Å². The van der Waals surface area contributed by atoms with Gasteiger partial charge in [0.25, 0.3) is 5.91 Å². The summed E-state index contributed by atoms with van der Waals surface area (Å²) in [4.78, 5) is 33.4. The van der Waals surface area contributed by atoms with Gasteiger partial charge in [-0.05, 0) is 48.7 Å². The molecule has 2 atom stereocenters. The van der Waals surface area contributed by atoms with Gasteiger partial charge in [-0.2, -0.15) is 0 Å². The Morgan fingerprint density at radius 2 is 1.68 bits per heavy atom. The van der Waals surface area contributed by atoms with Crippen LogP contribution in [0.1, 0.15) is 31.2 Å². The van der Waals surface area contributed by atoms with Gasteiger partial charge in [0.15, 0.2) is 0 Å². The zero-order chi connectivity index (χ0) is 23.5. The monoisotopic (exact) mass is 479 g/mol. The number of rotatable bonds is 4. The standard InChI is InChI=1S/C27H30FN3O2S/c28-21-10-12-22(13-11-21)29-14-16-30(17-15-29)26(32)19-31-23-8-4-5-9-24(23)34-25(27(31)33)18-20-6-2-1-3-7-20/h1-3,6-7,10-13,18,23-24H,4-5,8-9,14-17,19H2/b25-18-. The summed E-state index contributed by atoms with van der Waals surface area (Å²) >= 11 is 1.70. The van der Waals surface area contributed by atoms with Crippen molar-refractivity contribution in [1.82, 2.24) is 9.80 Å². The Morgan fingerprint density at radius 1 is 0.971 bits per heavy atom. The Kier molecular flexibility index (Phi) is 6.90. The summed E-state index contributed by atoms with van der Waals surface area (Å²) in [7, 11) is 0. The first-order chi connectivity index (χ1) is 16.6. The molecule has 0 aromatic heterocycles. The number of hydrogen-bond donors (Lipinski definition) is 0. The molecule has 1 aliphatic carbocycles. The molecular weight excluding hydrogens is 449 g/mol. The molecule has 0 bridgehead atoms. The number of carbonyl (C=O) groups is 2. The van der Waals surface area contributed by atoms with E-state index in [4.69, 9.17) is 0 Å².